The zero-order chi connectivity index (χ0) is 21.0. The number of thioether (sulfide) groups is 1. The number of rotatable bonds is 8. The van der Waals surface area contributed by atoms with Gasteiger partial charge in [-0.25, -0.2) is 0 Å². The Balaban J connectivity index is 1.54. The number of nitrogens with one attached hydrogen (secondary N) is 1. The summed E-state index contributed by atoms with van der Waals surface area (Å²) in [4.78, 5) is 16.6. The van der Waals surface area contributed by atoms with Crippen molar-refractivity contribution >= 4 is 17.7 Å². The first kappa shape index (κ1) is 21.1. The van der Waals surface area contributed by atoms with Gasteiger partial charge in [-0.15, -0.1) is 11.8 Å². The van der Waals surface area contributed by atoms with Gasteiger partial charge in [0.2, 0.25) is 11.7 Å². The number of aromatic nitrogens is 2. The van der Waals surface area contributed by atoms with Crippen molar-refractivity contribution in [1.82, 2.24) is 15.5 Å². The van der Waals surface area contributed by atoms with Crippen LogP contribution in [0.25, 0.3) is 11.4 Å². The fraction of sp³-hybridized carbons (Fsp3) is 0.318. The van der Waals surface area contributed by atoms with Gasteiger partial charge in [0.25, 0.3) is 0 Å². The summed E-state index contributed by atoms with van der Waals surface area (Å²) in [5, 5.41) is 16.6. The van der Waals surface area contributed by atoms with Crippen molar-refractivity contribution in [2.24, 2.45) is 0 Å². The van der Waals surface area contributed by atoms with E-state index in [0.717, 1.165) is 21.6 Å². The molecule has 0 atom stereocenters. The molecular weight excluding hydrogens is 386 g/mol. The van der Waals surface area contributed by atoms with Gasteiger partial charge in [-0.3, -0.25) is 4.79 Å². The number of hydrogen-bond acceptors (Lipinski definition) is 6. The highest BCUT2D eigenvalue weighted by atomic mass is 32.2. The predicted molar refractivity (Wildman–Crippen MR) is 114 cm³/mol. The normalized spacial score (nSPS) is 11.6. The van der Waals surface area contributed by atoms with Crippen LogP contribution in [0, 0.1) is 13.8 Å². The highest BCUT2D eigenvalue weighted by Gasteiger charge is 2.28. The molecule has 0 saturated carbocycles. The van der Waals surface area contributed by atoms with Gasteiger partial charge >= 0.3 is 5.97 Å². The summed E-state index contributed by atoms with van der Waals surface area (Å²) in [7, 11) is 0. The number of aryl methyl sites for hydroxylation is 2. The number of hydrogen-bond donors (Lipinski definition) is 2. The fourth-order valence-electron chi connectivity index (χ4n) is 2.83. The fourth-order valence-corrected chi connectivity index (χ4v) is 3.78. The molecule has 152 valence electrons. The lowest BCUT2D eigenvalue weighted by Gasteiger charge is -2.18. The number of benzene rings is 2. The molecule has 0 aliphatic carbocycles. The van der Waals surface area contributed by atoms with Crippen LogP contribution in [0.5, 0.6) is 0 Å². The highest BCUT2D eigenvalue weighted by Crippen LogP contribution is 2.32. The Hall–Kier alpha value is -2.64. The van der Waals surface area contributed by atoms with Crippen LogP contribution in [0.15, 0.2) is 51.9 Å². The molecule has 3 rings (SSSR count). The van der Waals surface area contributed by atoms with Crippen molar-refractivity contribution in [3.05, 3.63) is 65.0 Å². The molecule has 0 aliphatic heterocycles. The van der Waals surface area contributed by atoms with Gasteiger partial charge in [-0.05, 0) is 51.0 Å². The molecule has 29 heavy (non-hydrogen) atoms. The molecule has 2 N–H and O–H groups in total. The first-order valence-electron chi connectivity index (χ1n) is 9.37. The summed E-state index contributed by atoms with van der Waals surface area (Å²) < 4.78 is 4.50. The van der Waals surface area contributed by atoms with Crippen molar-refractivity contribution in [3.63, 3.8) is 0 Å². The van der Waals surface area contributed by atoms with Gasteiger partial charge in [-0.1, -0.05) is 41.1 Å². The second-order valence-electron chi connectivity index (χ2n) is 7.50. The highest BCUT2D eigenvalue weighted by molar-refractivity contribution is 8.01. The second-order valence-corrected chi connectivity index (χ2v) is 9.19. The minimum atomic E-state index is -0.856. The third-order valence-electron chi connectivity index (χ3n) is 4.51. The number of carboxylic acids is 1. The molecule has 0 saturated heterocycles. The SMILES string of the molecule is Cc1ccc(-c2noc(CNCc3ccc(SC(C)(C)C(=O)O)cc3)n2)c(C)c1. The van der Waals surface area contributed by atoms with Crippen molar-refractivity contribution in [2.45, 2.75) is 50.4 Å². The summed E-state index contributed by atoms with van der Waals surface area (Å²) in [5.41, 5.74) is 4.39. The Morgan fingerprint density at radius 1 is 1.14 bits per heavy atom. The van der Waals surface area contributed by atoms with Crippen LogP contribution in [-0.4, -0.2) is 26.0 Å². The Labute approximate surface area is 174 Å². The number of carbonyl (C=O) groups is 1. The monoisotopic (exact) mass is 411 g/mol. The summed E-state index contributed by atoms with van der Waals surface area (Å²) in [6.07, 6.45) is 0. The molecule has 0 aliphatic rings. The lowest BCUT2D eigenvalue weighted by atomic mass is 10.1. The van der Waals surface area contributed by atoms with Crippen LogP contribution in [0.2, 0.25) is 0 Å². The molecular formula is C22H25N3O3S. The maximum absolute atomic E-state index is 11.2. The van der Waals surface area contributed by atoms with Gasteiger partial charge in [0.1, 0.15) is 4.75 Å². The standard InChI is InChI=1S/C22H25N3O3S/c1-14-5-10-18(15(2)11-14)20-24-19(28-25-20)13-23-12-16-6-8-17(9-7-16)29-22(3,4)21(26)27/h5-11,23H,12-13H2,1-4H3,(H,26,27). The van der Waals surface area contributed by atoms with Crippen LogP contribution < -0.4 is 5.32 Å². The van der Waals surface area contributed by atoms with Crippen molar-refractivity contribution in [2.75, 3.05) is 0 Å². The van der Waals surface area contributed by atoms with Crippen LogP contribution >= 0.6 is 11.8 Å². The zero-order valence-corrected chi connectivity index (χ0v) is 17.8. The lowest BCUT2D eigenvalue weighted by molar-refractivity contribution is -0.138. The van der Waals surface area contributed by atoms with Gasteiger partial charge in [0, 0.05) is 17.0 Å². The van der Waals surface area contributed by atoms with E-state index >= 15 is 0 Å². The Morgan fingerprint density at radius 2 is 1.86 bits per heavy atom. The Morgan fingerprint density at radius 3 is 2.52 bits per heavy atom. The number of nitrogens with zero attached hydrogens (tertiary/aromatic N) is 2. The van der Waals surface area contributed by atoms with E-state index < -0.39 is 10.7 Å². The third-order valence-corrected chi connectivity index (χ3v) is 5.70. The van der Waals surface area contributed by atoms with E-state index in [9.17, 15) is 9.90 Å². The third kappa shape index (κ3) is 5.46. The van der Waals surface area contributed by atoms with Crippen LogP contribution in [0.3, 0.4) is 0 Å². The van der Waals surface area contributed by atoms with E-state index in [-0.39, 0.29) is 0 Å². The smallest absolute Gasteiger partial charge is 0.319 e. The molecule has 0 radical (unpaired) electrons. The molecule has 0 spiro atoms. The molecule has 0 fully saturated rings. The first-order valence-corrected chi connectivity index (χ1v) is 10.2. The maximum atomic E-state index is 11.2. The van der Waals surface area contributed by atoms with Crippen LogP contribution in [0.4, 0.5) is 0 Å². The average molecular weight is 412 g/mol. The van der Waals surface area contributed by atoms with Crippen molar-refractivity contribution in [3.8, 4) is 11.4 Å². The van der Waals surface area contributed by atoms with Gasteiger partial charge in [-0.2, -0.15) is 4.98 Å². The summed E-state index contributed by atoms with van der Waals surface area (Å²) >= 11 is 1.33. The van der Waals surface area contributed by atoms with E-state index in [2.05, 4.69) is 28.4 Å². The largest absolute Gasteiger partial charge is 0.480 e. The number of carboxylic acid groups (broad SMARTS) is 1. The van der Waals surface area contributed by atoms with Crippen molar-refractivity contribution in [1.29, 1.82) is 0 Å². The summed E-state index contributed by atoms with van der Waals surface area (Å²) in [5.74, 6) is 0.310. The molecule has 3 aromatic rings. The van der Waals surface area contributed by atoms with Crippen molar-refractivity contribution < 1.29 is 14.4 Å². The summed E-state index contributed by atoms with van der Waals surface area (Å²) in [6.45, 7) is 8.62. The quantitative estimate of drug-likeness (QED) is 0.524. The molecule has 6 nitrogen and oxygen atoms in total. The Kier molecular flexibility index (Phi) is 6.39. The molecule has 0 unspecified atom stereocenters. The Bertz CT molecular complexity index is 997. The molecule has 1 heterocycles. The van der Waals surface area contributed by atoms with Gasteiger partial charge < -0.3 is 14.9 Å². The predicted octanol–water partition coefficient (Wildman–Crippen LogP) is 4.60. The molecule has 7 heteroatoms. The maximum Gasteiger partial charge on any atom is 0.319 e. The van der Waals surface area contributed by atoms with Gasteiger partial charge in [0.05, 0.1) is 6.54 Å². The minimum Gasteiger partial charge on any atom is -0.480 e. The van der Waals surface area contributed by atoms with Gasteiger partial charge in [0.15, 0.2) is 0 Å². The first-order chi connectivity index (χ1) is 13.7. The second kappa shape index (κ2) is 8.80. The average Bonchev–Trinajstić information content (AvgIpc) is 3.11. The molecule has 2 aromatic carbocycles. The van der Waals surface area contributed by atoms with E-state index in [4.69, 9.17) is 4.52 Å². The lowest BCUT2D eigenvalue weighted by Crippen LogP contribution is -2.26. The summed E-state index contributed by atoms with van der Waals surface area (Å²) in [6, 6.07) is 14.0. The zero-order valence-electron chi connectivity index (χ0n) is 17.0. The van der Waals surface area contributed by atoms with E-state index in [1.165, 1.54) is 17.3 Å². The number of aliphatic carboxylic acids is 1. The van der Waals surface area contributed by atoms with Crippen LogP contribution in [0.1, 0.15) is 36.4 Å². The van der Waals surface area contributed by atoms with Crippen LogP contribution in [-0.2, 0) is 17.9 Å². The molecule has 1 aromatic heterocycles. The van der Waals surface area contributed by atoms with E-state index in [0.29, 0.717) is 24.8 Å². The topological polar surface area (TPSA) is 88.2 Å². The van der Waals surface area contributed by atoms with E-state index in [1.807, 2.05) is 43.3 Å². The van der Waals surface area contributed by atoms with E-state index in [1.54, 1.807) is 13.8 Å². The molecule has 0 amide bonds. The minimum absolute atomic E-state index is 0.473. The molecule has 0 bridgehead atoms.